The van der Waals surface area contributed by atoms with Gasteiger partial charge in [0.1, 0.15) is 0 Å². The Bertz CT molecular complexity index is 480. The van der Waals surface area contributed by atoms with Crippen molar-refractivity contribution in [2.75, 3.05) is 11.4 Å². The highest BCUT2D eigenvalue weighted by molar-refractivity contribution is 5.82. The van der Waals surface area contributed by atoms with Gasteiger partial charge in [0.25, 0.3) is 0 Å². The maximum atomic E-state index is 12.3. The lowest BCUT2D eigenvalue weighted by molar-refractivity contribution is -0.120. The number of aryl methyl sites for hydroxylation is 1. The summed E-state index contributed by atoms with van der Waals surface area (Å²) in [5.41, 5.74) is 2.62. The van der Waals surface area contributed by atoms with Crippen LogP contribution in [0.5, 0.6) is 0 Å². The lowest BCUT2D eigenvalue weighted by atomic mass is 9.96. The van der Waals surface area contributed by atoms with Gasteiger partial charge in [-0.1, -0.05) is 31.0 Å². The standard InChI is InChI=1S/C17H24N2O/c1-13-10-11-14-6-2-5-9-16(14)19(13)12-17(20)18-15-7-3-4-8-15/h2,5-6,9,13,15H,3-4,7-8,10-12H2,1H3,(H,18,20). The molecule has 1 atom stereocenters. The molecule has 1 aliphatic heterocycles. The van der Waals surface area contributed by atoms with Gasteiger partial charge in [0.15, 0.2) is 0 Å². The molecular weight excluding hydrogens is 248 g/mol. The Morgan fingerprint density at radius 1 is 1.25 bits per heavy atom. The van der Waals surface area contributed by atoms with E-state index < -0.39 is 0 Å². The third-order valence-electron chi connectivity index (χ3n) is 4.70. The minimum atomic E-state index is 0.181. The second-order valence-corrected chi connectivity index (χ2v) is 6.19. The summed E-state index contributed by atoms with van der Waals surface area (Å²) in [6, 6.07) is 9.35. The van der Waals surface area contributed by atoms with Gasteiger partial charge in [0, 0.05) is 17.8 Å². The summed E-state index contributed by atoms with van der Waals surface area (Å²) in [7, 11) is 0. The van der Waals surface area contributed by atoms with Crippen LogP contribution in [-0.2, 0) is 11.2 Å². The van der Waals surface area contributed by atoms with Gasteiger partial charge in [-0.15, -0.1) is 0 Å². The van der Waals surface area contributed by atoms with Crippen LogP contribution in [-0.4, -0.2) is 24.5 Å². The van der Waals surface area contributed by atoms with Crippen molar-refractivity contribution in [3.63, 3.8) is 0 Å². The summed E-state index contributed by atoms with van der Waals surface area (Å²) < 4.78 is 0. The number of nitrogens with one attached hydrogen (secondary N) is 1. The maximum absolute atomic E-state index is 12.3. The molecule has 2 aliphatic rings. The molecule has 1 saturated carbocycles. The Kier molecular flexibility index (Phi) is 3.95. The average molecular weight is 272 g/mol. The zero-order chi connectivity index (χ0) is 13.9. The summed E-state index contributed by atoms with van der Waals surface area (Å²) in [5.74, 6) is 0.181. The summed E-state index contributed by atoms with van der Waals surface area (Å²) in [6.45, 7) is 2.72. The van der Waals surface area contributed by atoms with E-state index in [1.165, 1.54) is 24.1 Å². The molecule has 20 heavy (non-hydrogen) atoms. The molecule has 1 aromatic carbocycles. The molecule has 1 unspecified atom stereocenters. The highest BCUT2D eigenvalue weighted by atomic mass is 16.2. The van der Waals surface area contributed by atoms with E-state index in [2.05, 4.69) is 41.4 Å². The fourth-order valence-electron chi connectivity index (χ4n) is 3.50. The first-order valence-electron chi connectivity index (χ1n) is 7.88. The molecule has 3 nitrogen and oxygen atoms in total. The molecule has 0 aromatic heterocycles. The Morgan fingerprint density at radius 3 is 2.80 bits per heavy atom. The van der Waals surface area contributed by atoms with Crippen LogP contribution in [0.4, 0.5) is 5.69 Å². The van der Waals surface area contributed by atoms with E-state index in [9.17, 15) is 4.79 Å². The Morgan fingerprint density at radius 2 is 2.00 bits per heavy atom. The van der Waals surface area contributed by atoms with E-state index in [4.69, 9.17) is 0 Å². The number of benzene rings is 1. The predicted molar refractivity (Wildman–Crippen MR) is 82.0 cm³/mol. The van der Waals surface area contributed by atoms with Gasteiger partial charge in [0.05, 0.1) is 6.54 Å². The van der Waals surface area contributed by atoms with Crippen molar-refractivity contribution in [3.8, 4) is 0 Å². The quantitative estimate of drug-likeness (QED) is 0.917. The van der Waals surface area contributed by atoms with Crippen molar-refractivity contribution in [2.24, 2.45) is 0 Å². The lowest BCUT2D eigenvalue weighted by Gasteiger charge is -2.36. The predicted octanol–water partition coefficient (Wildman–Crippen LogP) is 2.89. The lowest BCUT2D eigenvalue weighted by Crippen LogP contribution is -2.46. The van der Waals surface area contributed by atoms with Gasteiger partial charge >= 0.3 is 0 Å². The summed E-state index contributed by atoms with van der Waals surface area (Å²) in [5, 5.41) is 3.20. The molecule has 0 radical (unpaired) electrons. The second kappa shape index (κ2) is 5.86. The fourth-order valence-corrected chi connectivity index (χ4v) is 3.50. The maximum Gasteiger partial charge on any atom is 0.239 e. The monoisotopic (exact) mass is 272 g/mol. The molecule has 0 bridgehead atoms. The number of para-hydroxylation sites is 1. The largest absolute Gasteiger partial charge is 0.359 e. The van der Waals surface area contributed by atoms with Crippen molar-refractivity contribution in [1.82, 2.24) is 5.32 Å². The molecule has 1 fully saturated rings. The number of anilines is 1. The Hall–Kier alpha value is -1.51. The molecule has 1 aromatic rings. The van der Waals surface area contributed by atoms with Crippen LogP contribution in [0.15, 0.2) is 24.3 Å². The van der Waals surface area contributed by atoms with Gasteiger partial charge in [-0.25, -0.2) is 0 Å². The highest BCUT2D eigenvalue weighted by Gasteiger charge is 2.25. The molecule has 3 heteroatoms. The number of amides is 1. The molecule has 108 valence electrons. The first-order valence-corrected chi connectivity index (χ1v) is 7.88. The van der Waals surface area contributed by atoms with Crippen molar-refractivity contribution in [3.05, 3.63) is 29.8 Å². The number of carbonyl (C=O) groups excluding carboxylic acids is 1. The van der Waals surface area contributed by atoms with Gasteiger partial charge in [-0.2, -0.15) is 0 Å². The Labute approximate surface area is 121 Å². The molecule has 1 aliphatic carbocycles. The van der Waals surface area contributed by atoms with Crippen LogP contribution in [0.25, 0.3) is 0 Å². The molecule has 0 saturated heterocycles. The first kappa shape index (κ1) is 13.5. The van der Waals surface area contributed by atoms with E-state index in [0.29, 0.717) is 18.6 Å². The zero-order valence-electron chi connectivity index (χ0n) is 12.3. The Balaban J connectivity index is 1.68. The average Bonchev–Trinajstić information content (AvgIpc) is 2.95. The highest BCUT2D eigenvalue weighted by Crippen LogP contribution is 2.30. The van der Waals surface area contributed by atoms with Gasteiger partial charge < -0.3 is 10.2 Å². The number of hydrogen-bond acceptors (Lipinski definition) is 2. The van der Waals surface area contributed by atoms with Crippen molar-refractivity contribution >= 4 is 11.6 Å². The smallest absolute Gasteiger partial charge is 0.239 e. The van der Waals surface area contributed by atoms with Crippen LogP contribution in [0.2, 0.25) is 0 Å². The van der Waals surface area contributed by atoms with Crippen LogP contribution in [0, 0.1) is 0 Å². The molecule has 0 spiro atoms. The van der Waals surface area contributed by atoms with Crippen molar-refractivity contribution in [2.45, 2.75) is 57.5 Å². The minimum Gasteiger partial charge on any atom is -0.359 e. The van der Waals surface area contributed by atoms with Crippen LogP contribution in [0.3, 0.4) is 0 Å². The number of carbonyl (C=O) groups is 1. The summed E-state index contributed by atoms with van der Waals surface area (Å²) in [6.07, 6.45) is 7.07. The van der Waals surface area contributed by atoms with E-state index in [1.54, 1.807) is 0 Å². The van der Waals surface area contributed by atoms with Crippen LogP contribution < -0.4 is 10.2 Å². The van der Waals surface area contributed by atoms with Crippen LogP contribution in [0.1, 0.15) is 44.6 Å². The van der Waals surface area contributed by atoms with E-state index >= 15 is 0 Å². The van der Waals surface area contributed by atoms with Gasteiger partial charge in [-0.05, 0) is 44.2 Å². The second-order valence-electron chi connectivity index (χ2n) is 6.19. The first-order chi connectivity index (χ1) is 9.74. The molecule has 3 rings (SSSR count). The molecular formula is C17H24N2O. The number of fused-ring (bicyclic) bond motifs is 1. The number of nitrogens with zero attached hydrogens (tertiary/aromatic N) is 1. The van der Waals surface area contributed by atoms with E-state index in [0.717, 1.165) is 25.7 Å². The third-order valence-corrected chi connectivity index (χ3v) is 4.70. The van der Waals surface area contributed by atoms with Crippen LogP contribution >= 0.6 is 0 Å². The van der Waals surface area contributed by atoms with Crippen molar-refractivity contribution < 1.29 is 4.79 Å². The summed E-state index contributed by atoms with van der Waals surface area (Å²) >= 11 is 0. The van der Waals surface area contributed by atoms with E-state index in [1.807, 2.05) is 0 Å². The van der Waals surface area contributed by atoms with Gasteiger partial charge in [0.2, 0.25) is 5.91 Å². The third kappa shape index (κ3) is 2.82. The number of hydrogen-bond donors (Lipinski definition) is 1. The molecule has 1 heterocycles. The topological polar surface area (TPSA) is 32.3 Å². The normalized spacial score (nSPS) is 22.6. The molecule has 1 amide bonds. The fraction of sp³-hybridized carbons (Fsp3) is 0.588. The van der Waals surface area contributed by atoms with Crippen molar-refractivity contribution in [1.29, 1.82) is 0 Å². The van der Waals surface area contributed by atoms with E-state index in [-0.39, 0.29) is 5.91 Å². The summed E-state index contributed by atoms with van der Waals surface area (Å²) in [4.78, 5) is 14.5. The SMILES string of the molecule is CC1CCc2ccccc2N1CC(=O)NC1CCCC1. The van der Waals surface area contributed by atoms with Gasteiger partial charge in [-0.3, -0.25) is 4.79 Å². The zero-order valence-corrected chi connectivity index (χ0v) is 12.3. The minimum absolute atomic E-state index is 0.181. The molecule has 1 N–H and O–H groups in total. The number of rotatable bonds is 3.